The first-order chi connectivity index (χ1) is 7.81. The van der Waals surface area contributed by atoms with Crippen molar-refractivity contribution in [2.24, 2.45) is 0 Å². The molecule has 0 unspecified atom stereocenters. The van der Waals surface area contributed by atoms with Gasteiger partial charge >= 0.3 is 6.09 Å². The Morgan fingerprint density at radius 1 is 1.41 bits per heavy atom. The number of nitrogens with one attached hydrogen (secondary N) is 1. The molecule has 1 aromatic rings. The van der Waals surface area contributed by atoms with Gasteiger partial charge in [-0.05, 0) is 51.0 Å². The van der Waals surface area contributed by atoms with Crippen LogP contribution in [-0.2, 0) is 11.2 Å². The molecular weight excluding hydrogens is 218 g/mol. The van der Waals surface area contributed by atoms with Crippen LogP contribution in [0.25, 0.3) is 0 Å². The highest BCUT2D eigenvalue weighted by Crippen LogP contribution is 2.22. The molecule has 0 aliphatic heterocycles. The summed E-state index contributed by atoms with van der Waals surface area (Å²) in [6.45, 7) is 7.36. The number of amides is 1. The lowest BCUT2D eigenvalue weighted by Gasteiger charge is -2.19. The first-order valence-electron chi connectivity index (χ1n) is 5.63. The Kier molecular flexibility index (Phi) is 3.99. The Labute approximate surface area is 102 Å². The van der Waals surface area contributed by atoms with E-state index in [1.54, 1.807) is 39.0 Å². The van der Waals surface area contributed by atoms with Gasteiger partial charge in [-0.3, -0.25) is 5.32 Å². The third kappa shape index (κ3) is 4.34. The molecule has 1 aromatic carbocycles. The Balaban J connectivity index is 2.72. The molecule has 1 rings (SSSR count). The van der Waals surface area contributed by atoms with Crippen molar-refractivity contribution in [2.75, 3.05) is 5.32 Å². The van der Waals surface area contributed by atoms with Crippen LogP contribution in [0.15, 0.2) is 18.2 Å². The van der Waals surface area contributed by atoms with E-state index in [0.717, 1.165) is 5.56 Å². The van der Waals surface area contributed by atoms with Gasteiger partial charge in [-0.15, -0.1) is 0 Å². The molecule has 0 fully saturated rings. The van der Waals surface area contributed by atoms with Crippen LogP contribution in [0.4, 0.5) is 10.5 Å². The number of ether oxygens (including phenoxy) is 1. The van der Waals surface area contributed by atoms with Gasteiger partial charge in [0.2, 0.25) is 0 Å². The van der Waals surface area contributed by atoms with Gasteiger partial charge in [-0.2, -0.15) is 0 Å². The highest BCUT2D eigenvalue weighted by molar-refractivity contribution is 5.85. The SMILES string of the molecule is CCc1cc(NC(=O)OC(C)(C)C)ccc1O. The summed E-state index contributed by atoms with van der Waals surface area (Å²) in [7, 11) is 0. The minimum absolute atomic E-state index is 0.238. The second-order valence-electron chi connectivity index (χ2n) is 4.82. The molecule has 0 saturated carbocycles. The van der Waals surface area contributed by atoms with Gasteiger partial charge in [-0.25, -0.2) is 4.79 Å². The van der Waals surface area contributed by atoms with Crippen molar-refractivity contribution in [3.63, 3.8) is 0 Å². The van der Waals surface area contributed by atoms with Gasteiger partial charge < -0.3 is 9.84 Å². The predicted molar refractivity (Wildman–Crippen MR) is 67.3 cm³/mol. The van der Waals surface area contributed by atoms with Crippen molar-refractivity contribution in [2.45, 2.75) is 39.7 Å². The number of phenolic OH excluding ortho intramolecular Hbond substituents is 1. The van der Waals surface area contributed by atoms with Crippen LogP contribution in [0.2, 0.25) is 0 Å². The Morgan fingerprint density at radius 3 is 2.59 bits per heavy atom. The average molecular weight is 237 g/mol. The largest absolute Gasteiger partial charge is 0.508 e. The number of anilines is 1. The van der Waals surface area contributed by atoms with Crippen LogP contribution >= 0.6 is 0 Å². The fourth-order valence-electron chi connectivity index (χ4n) is 1.37. The first-order valence-corrected chi connectivity index (χ1v) is 5.63. The molecule has 0 bridgehead atoms. The summed E-state index contributed by atoms with van der Waals surface area (Å²) < 4.78 is 5.13. The van der Waals surface area contributed by atoms with E-state index in [9.17, 15) is 9.90 Å². The summed E-state index contributed by atoms with van der Waals surface area (Å²) >= 11 is 0. The van der Waals surface area contributed by atoms with Gasteiger partial charge in [0.1, 0.15) is 11.4 Å². The van der Waals surface area contributed by atoms with Crippen LogP contribution in [0.5, 0.6) is 5.75 Å². The predicted octanol–water partition coefficient (Wildman–Crippen LogP) is 3.30. The standard InChI is InChI=1S/C13H19NO3/c1-5-9-8-10(6-7-11(9)15)14-12(16)17-13(2,3)4/h6-8,15H,5H2,1-4H3,(H,14,16). The van der Waals surface area contributed by atoms with E-state index in [0.29, 0.717) is 12.1 Å². The third-order valence-corrected chi connectivity index (χ3v) is 2.11. The van der Waals surface area contributed by atoms with Crippen molar-refractivity contribution < 1.29 is 14.6 Å². The highest BCUT2D eigenvalue weighted by atomic mass is 16.6. The van der Waals surface area contributed by atoms with Crippen molar-refractivity contribution in [3.05, 3.63) is 23.8 Å². The lowest BCUT2D eigenvalue weighted by atomic mass is 10.1. The molecule has 0 atom stereocenters. The fourth-order valence-corrected chi connectivity index (χ4v) is 1.37. The Bertz CT molecular complexity index is 408. The molecule has 0 saturated heterocycles. The van der Waals surface area contributed by atoms with E-state index in [2.05, 4.69) is 5.32 Å². The average Bonchev–Trinajstić information content (AvgIpc) is 2.18. The third-order valence-electron chi connectivity index (χ3n) is 2.11. The van der Waals surface area contributed by atoms with Crippen LogP contribution in [-0.4, -0.2) is 16.8 Å². The highest BCUT2D eigenvalue weighted by Gasteiger charge is 2.16. The van der Waals surface area contributed by atoms with Crippen molar-refractivity contribution in [3.8, 4) is 5.75 Å². The van der Waals surface area contributed by atoms with E-state index in [4.69, 9.17) is 4.74 Å². The maximum absolute atomic E-state index is 11.5. The van der Waals surface area contributed by atoms with Gasteiger partial charge in [0, 0.05) is 5.69 Å². The molecule has 94 valence electrons. The number of hydrogen-bond acceptors (Lipinski definition) is 3. The van der Waals surface area contributed by atoms with E-state index in [1.165, 1.54) is 0 Å². The van der Waals surface area contributed by atoms with Gasteiger partial charge in [0.25, 0.3) is 0 Å². The summed E-state index contributed by atoms with van der Waals surface area (Å²) in [5.74, 6) is 0.238. The molecule has 0 aliphatic carbocycles. The second kappa shape index (κ2) is 5.08. The molecule has 1 amide bonds. The van der Waals surface area contributed by atoms with Gasteiger partial charge in [0.05, 0.1) is 0 Å². The monoisotopic (exact) mass is 237 g/mol. The molecule has 4 heteroatoms. The number of carbonyl (C=O) groups excluding carboxylic acids is 1. The van der Waals surface area contributed by atoms with Crippen LogP contribution < -0.4 is 5.32 Å². The summed E-state index contributed by atoms with van der Waals surface area (Å²) in [6, 6.07) is 4.93. The molecule has 0 aromatic heterocycles. The summed E-state index contributed by atoms with van der Waals surface area (Å²) in [6.07, 6.45) is 0.209. The van der Waals surface area contributed by atoms with Gasteiger partial charge in [0.15, 0.2) is 0 Å². The number of aromatic hydroxyl groups is 1. The maximum atomic E-state index is 11.5. The molecule has 4 nitrogen and oxygen atoms in total. The zero-order valence-electron chi connectivity index (χ0n) is 10.7. The quantitative estimate of drug-likeness (QED) is 0.776. The van der Waals surface area contributed by atoms with Crippen molar-refractivity contribution in [1.82, 2.24) is 0 Å². The number of phenols is 1. The fraction of sp³-hybridized carbons (Fsp3) is 0.462. The van der Waals surface area contributed by atoms with Crippen LogP contribution in [0.1, 0.15) is 33.3 Å². The lowest BCUT2D eigenvalue weighted by Crippen LogP contribution is -2.27. The van der Waals surface area contributed by atoms with E-state index in [-0.39, 0.29) is 5.75 Å². The number of hydrogen-bond donors (Lipinski definition) is 2. The van der Waals surface area contributed by atoms with Crippen molar-refractivity contribution in [1.29, 1.82) is 0 Å². The zero-order chi connectivity index (χ0) is 13.1. The maximum Gasteiger partial charge on any atom is 0.412 e. The summed E-state index contributed by atoms with van der Waals surface area (Å²) in [5.41, 5.74) is 0.890. The normalized spacial score (nSPS) is 11.1. The first kappa shape index (κ1) is 13.4. The lowest BCUT2D eigenvalue weighted by molar-refractivity contribution is 0.0636. The number of rotatable bonds is 2. The van der Waals surface area contributed by atoms with E-state index < -0.39 is 11.7 Å². The number of carbonyl (C=O) groups is 1. The van der Waals surface area contributed by atoms with E-state index >= 15 is 0 Å². The smallest absolute Gasteiger partial charge is 0.412 e. The molecule has 0 radical (unpaired) electrons. The zero-order valence-corrected chi connectivity index (χ0v) is 10.7. The summed E-state index contributed by atoms with van der Waals surface area (Å²) in [4.78, 5) is 11.5. The van der Waals surface area contributed by atoms with E-state index in [1.807, 2.05) is 6.92 Å². The minimum Gasteiger partial charge on any atom is -0.508 e. The van der Waals surface area contributed by atoms with Crippen LogP contribution in [0, 0.1) is 0 Å². The molecule has 0 aliphatic rings. The summed E-state index contributed by atoms with van der Waals surface area (Å²) in [5, 5.41) is 12.1. The van der Waals surface area contributed by atoms with Crippen LogP contribution in [0.3, 0.4) is 0 Å². The molecule has 17 heavy (non-hydrogen) atoms. The topological polar surface area (TPSA) is 58.6 Å². The van der Waals surface area contributed by atoms with Gasteiger partial charge in [-0.1, -0.05) is 6.92 Å². The molecule has 0 heterocycles. The Hall–Kier alpha value is -1.71. The molecule has 0 spiro atoms. The second-order valence-corrected chi connectivity index (χ2v) is 4.82. The van der Waals surface area contributed by atoms with Crippen molar-refractivity contribution >= 4 is 11.8 Å². The minimum atomic E-state index is -0.519. The Morgan fingerprint density at radius 2 is 2.06 bits per heavy atom. The number of aryl methyl sites for hydroxylation is 1. The number of benzene rings is 1. The molecular formula is C13H19NO3. The molecule has 2 N–H and O–H groups in total.